The third-order valence-corrected chi connectivity index (χ3v) is 7.81. The van der Waals surface area contributed by atoms with E-state index in [1.807, 2.05) is 18.2 Å². The molecule has 3 N–H and O–H groups in total. The zero-order valence-electron chi connectivity index (χ0n) is 20.8. The number of nitrogens with zero attached hydrogens (tertiary/aromatic N) is 6. The molecule has 1 saturated carbocycles. The van der Waals surface area contributed by atoms with Gasteiger partial charge in [-0.05, 0) is 57.0 Å². The van der Waals surface area contributed by atoms with Crippen LogP contribution in [0.4, 0.5) is 17.2 Å². The maximum atomic E-state index is 6.37. The van der Waals surface area contributed by atoms with Crippen LogP contribution in [0.1, 0.15) is 31.7 Å². The summed E-state index contributed by atoms with van der Waals surface area (Å²) in [6.07, 6.45) is 6.17. The Labute approximate surface area is 212 Å². The molecule has 2 aromatic carbocycles. The Morgan fingerprint density at radius 3 is 2.19 bits per heavy atom. The number of para-hydroxylation sites is 1. The van der Waals surface area contributed by atoms with Gasteiger partial charge in [0, 0.05) is 49.2 Å². The molecule has 6 rings (SSSR count). The van der Waals surface area contributed by atoms with Gasteiger partial charge in [-0.1, -0.05) is 30.3 Å². The molecule has 2 aromatic heterocycles. The van der Waals surface area contributed by atoms with Crippen LogP contribution in [-0.4, -0.2) is 68.8 Å². The van der Waals surface area contributed by atoms with Gasteiger partial charge in [-0.3, -0.25) is 4.90 Å². The van der Waals surface area contributed by atoms with Crippen LogP contribution in [0.3, 0.4) is 0 Å². The van der Waals surface area contributed by atoms with E-state index in [4.69, 9.17) is 10.8 Å². The molecule has 0 unspecified atom stereocenters. The van der Waals surface area contributed by atoms with Crippen molar-refractivity contribution < 1.29 is 0 Å². The maximum absolute atomic E-state index is 6.37. The summed E-state index contributed by atoms with van der Waals surface area (Å²) in [4.78, 5) is 14.0. The van der Waals surface area contributed by atoms with E-state index >= 15 is 0 Å². The molecular formula is C28H34N8. The van der Waals surface area contributed by atoms with E-state index < -0.39 is 0 Å². The van der Waals surface area contributed by atoms with E-state index in [-0.39, 0.29) is 0 Å². The second-order valence-corrected chi connectivity index (χ2v) is 10.1. The first-order valence-electron chi connectivity index (χ1n) is 13.0. The van der Waals surface area contributed by atoms with Crippen molar-refractivity contribution >= 4 is 28.2 Å². The van der Waals surface area contributed by atoms with Gasteiger partial charge in [0.25, 0.3) is 0 Å². The Hall–Kier alpha value is -3.49. The SMILES string of the molecule is CN1CCN([C@H]2CC[C@@H](n3nc(-c4ccc(Nc5ccccc5)cc4)c4c(N)ncnc43)CC2)CC1. The van der Waals surface area contributed by atoms with E-state index in [2.05, 4.69) is 73.2 Å². The number of likely N-dealkylation sites (N-methyl/N-ethyl adjacent to an activating group) is 1. The molecule has 1 saturated heterocycles. The van der Waals surface area contributed by atoms with Gasteiger partial charge in [0.05, 0.1) is 11.4 Å². The van der Waals surface area contributed by atoms with Crippen molar-refractivity contribution in [2.45, 2.75) is 37.8 Å². The van der Waals surface area contributed by atoms with Crippen LogP contribution in [0.25, 0.3) is 22.3 Å². The summed E-state index contributed by atoms with van der Waals surface area (Å²) in [5.74, 6) is 0.485. The average molecular weight is 483 g/mol. The highest BCUT2D eigenvalue weighted by molar-refractivity contribution is 5.98. The molecular weight excluding hydrogens is 448 g/mol. The first-order chi connectivity index (χ1) is 17.7. The number of benzene rings is 2. The van der Waals surface area contributed by atoms with Gasteiger partial charge in [0.15, 0.2) is 5.65 Å². The van der Waals surface area contributed by atoms with Crippen LogP contribution in [0.15, 0.2) is 60.9 Å². The van der Waals surface area contributed by atoms with Crippen molar-refractivity contribution in [1.29, 1.82) is 0 Å². The van der Waals surface area contributed by atoms with E-state index in [1.165, 1.54) is 39.0 Å². The number of hydrogen-bond acceptors (Lipinski definition) is 7. The summed E-state index contributed by atoms with van der Waals surface area (Å²) in [6.45, 7) is 4.70. The van der Waals surface area contributed by atoms with Crippen molar-refractivity contribution in [2.24, 2.45) is 0 Å². The van der Waals surface area contributed by atoms with Crippen LogP contribution in [0.2, 0.25) is 0 Å². The Morgan fingerprint density at radius 1 is 0.806 bits per heavy atom. The third kappa shape index (κ3) is 4.54. The lowest BCUT2D eigenvalue weighted by Gasteiger charge is -2.41. The van der Waals surface area contributed by atoms with Crippen molar-refractivity contribution in [3.05, 3.63) is 60.9 Å². The molecule has 1 aliphatic heterocycles. The van der Waals surface area contributed by atoms with Crippen LogP contribution in [0, 0.1) is 0 Å². The lowest BCUT2D eigenvalue weighted by Crippen LogP contribution is -2.49. The fourth-order valence-electron chi connectivity index (χ4n) is 5.71. The predicted octanol–water partition coefficient (Wildman–Crippen LogP) is 4.55. The Balaban J connectivity index is 1.24. The van der Waals surface area contributed by atoms with Gasteiger partial charge in [-0.25, -0.2) is 14.6 Å². The number of anilines is 3. The molecule has 36 heavy (non-hydrogen) atoms. The maximum Gasteiger partial charge on any atom is 0.164 e. The minimum atomic E-state index is 0.332. The molecule has 0 atom stereocenters. The van der Waals surface area contributed by atoms with Crippen LogP contribution < -0.4 is 11.1 Å². The van der Waals surface area contributed by atoms with E-state index in [1.54, 1.807) is 6.33 Å². The molecule has 8 nitrogen and oxygen atoms in total. The highest BCUT2D eigenvalue weighted by Crippen LogP contribution is 2.37. The van der Waals surface area contributed by atoms with Crippen LogP contribution in [0.5, 0.6) is 0 Å². The minimum absolute atomic E-state index is 0.332. The number of rotatable bonds is 5. The lowest BCUT2D eigenvalue weighted by atomic mass is 9.90. The average Bonchev–Trinajstić information content (AvgIpc) is 3.31. The van der Waals surface area contributed by atoms with Gasteiger partial charge in [-0.2, -0.15) is 5.10 Å². The second kappa shape index (κ2) is 9.87. The molecule has 1 aliphatic carbocycles. The van der Waals surface area contributed by atoms with Crippen molar-refractivity contribution in [3.8, 4) is 11.3 Å². The zero-order chi connectivity index (χ0) is 24.5. The topological polar surface area (TPSA) is 88.1 Å². The summed E-state index contributed by atoms with van der Waals surface area (Å²) in [7, 11) is 2.22. The van der Waals surface area contributed by atoms with E-state index in [9.17, 15) is 0 Å². The van der Waals surface area contributed by atoms with Gasteiger partial charge < -0.3 is 16.0 Å². The lowest BCUT2D eigenvalue weighted by molar-refractivity contribution is 0.0815. The molecule has 2 fully saturated rings. The predicted molar refractivity (Wildman–Crippen MR) is 145 cm³/mol. The zero-order valence-corrected chi connectivity index (χ0v) is 20.8. The molecule has 2 aliphatic rings. The number of fused-ring (bicyclic) bond motifs is 1. The highest BCUT2D eigenvalue weighted by atomic mass is 15.3. The molecule has 0 spiro atoms. The van der Waals surface area contributed by atoms with Gasteiger partial charge in [-0.15, -0.1) is 0 Å². The first kappa shape index (κ1) is 22.9. The second-order valence-electron chi connectivity index (χ2n) is 10.1. The number of aromatic nitrogens is 4. The van der Waals surface area contributed by atoms with Gasteiger partial charge >= 0.3 is 0 Å². The Bertz CT molecular complexity index is 1300. The summed E-state index contributed by atoms with van der Waals surface area (Å²) < 4.78 is 2.12. The summed E-state index contributed by atoms with van der Waals surface area (Å²) in [6, 6.07) is 19.5. The van der Waals surface area contributed by atoms with Gasteiger partial charge in [0.1, 0.15) is 17.8 Å². The van der Waals surface area contributed by atoms with Crippen molar-refractivity contribution in [3.63, 3.8) is 0 Å². The molecule has 4 aromatic rings. The monoisotopic (exact) mass is 482 g/mol. The molecule has 8 heteroatoms. The first-order valence-corrected chi connectivity index (χ1v) is 13.0. The summed E-state index contributed by atoms with van der Waals surface area (Å²) in [5.41, 5.74) is 11.2. The van der Waals surface area contributed by atoms with Crippen molar-refractivity contribution in [1.82, 2.24) is 29.5 Å². The summed E-state index contributed by atoms with van der Waals surface area (Å²) >= 11 is 0. The molecule has 0 amide bonds. The summed E-state index contributed by atoms with van der Waals surface area (Å²) in [5, 5.41) is 9.39. The van der Waals surface area contributed by atoms with Crippen LogP contribution in [-0.2, 0) is 0 Å². The normalized spacial score (nSPS) is 21.6. The number of hydrogen-bond donors (Lipinski definition) is 2. The molecule has 3 heterocycles. The molecule has 0 radical (unpaired) electrons. The fraction of sp³-hybridized carbons (Fsp3) is 0.393. The number of nitrogen functional groups attached to an aromatic ring is 1. The largest absolute Gasteiger partial charge is 0.383 e. The fourth-order valence-corrected chi connectivity index (χ4v) is 5.71. The quantitative estimate of drug-likeness (QED) is 0.431. The standard InChI is InChI=1S/C28H34N8/c1-34-15-17-35(18-16-34)23-11-13-24(14-12-23)36-28-25(27(29)30-19-31-28)26(33-36)20-7-9-22(10-8-20)32-21-5-3-2-4-6-21/h2-10,19,23-24,32H,11-18H2,1H3,(H2,29,30,31)/t23-,24+. The Kier molecular flexibility index (Phi) is 6.29. The van der Waals surface area contributed by atoms with Crippen LogP contribution >= 0.6 is 0 Å². The third-order valence-electron chi connectivity index (χ3n) is 7.81. The highest BCUT2D eigenvalue weighted by Gasteiger charge is 2.30. The number of nitrogens with one attached hydrogen (secondary N) is 1. The molecule has 186 valence electrons. The minimum Gasteiger partial charge on any atom is -0.383 e. The van der Waals surface area contributed by atoms with E-state index in [0.717, 1.165) is 46.5 Å². The Morgan fingerprint density at radius 2 is 1.47 bits per heavy atom. The molecule has 0 bridgehead atoms. The van der Waals surface area contributed by atoms with E-state index in [0.29, 0.717) is 17.9 Å². The smallest absolute Gasteiger partial charge is 0.164 e. The van der Waals surface area contributed by atoms with Gasteiger partial charge in [0.2, 0.25) is 0 Å². The number of piperazine rings is 1. The van der Waals surface area contributed by atoms with Crippen molar-refractivity contribution in [2.75, 3.05) is 44.3 Å². The number of nitrogens with two attached hydrogens (primary N) is 1.